The smallest absolute Gasteiger partial charge is 0.123 e. The van der Waals surface area contributed by atoms with Gasteiger partial charge in [0.2, 0.25) is 0 Å². The molecule has 0 fully saturated rings. The molecule has 0 unspecified atom stereocenters. The highest BCUT2D eigenvalue weighted by Gasteiger charge is 2.29. The van der Waals surface area contributed by atoms with E-state index in [1.165, 1.54) is 35.5 Å². The molecule has 1 N–H and O–H groups in total. The van der Waals surface area contributed by atoms with Crippen molar-refractivity contribution in [3.63, 3.8) is 0 Å². The Hall–Kier alpha value is -1.91. The van der Waals surface area contributed by atoms with Gasteiger partial charge in [-0.3, -0.25) is 0 Å². The lowest BCUT2D eigenvalue weighted by atomic mass is 10.0. The van der Waals surface area contributed by atoms with Crippen molar-refractivity contribution in [2.24, 2.45) is 0 Å². The number of halogens is 1. The van der Waals surface area contributed by atoms with Crippen LogP contribution in [0.15, 0.2) is 42.6 Å². The largest absolute Gasteiger partial charge is 0.310 e. The lowest BCUT2D eigenvalue weighted by Crippen LogP contribution is -2.21. The maximum Gasteiger partial charge on any atom is 0.123 e. The Labute approximate surface area is 138 Å². The number of nitrogens with one attached hydrogen (secondary N) is 1. The third-order valence-corrected chi connectivity index (χ3v) is 6.32. The summed E-state index contributed by atoms with van der Waals surface area (Å²) in [5.74, 6) is -0.185. The zero-order chi connectivity index (χ0) is 15.4. The number of aryl methyl sites for hydroxylation is 1. The number of hydrogen-bond acceptors (Lipinski definition) is 2. The molecule has 3 aromatic rings. The minimum Gasteiger partial charge on any atom is -0.310 e. The summed E-state index contributed by atoms with van der Waals surface area (Å²) in [5, 5.41) is 5.06. The van der Waals surface area contributed by atoms with Crippen molar-refractivity contribution in [1.29, 1.82) is 0 Å². The fraction of sp³-hybridized carbons (Fsp3) is 0.263. The Bertz CT molecular complexity index is 875. The molecule has 0 spiro atoms. The lowest BCUT2D eigenvalue weighted by molar-refractivity contribution is 0.593. The molecule has 3 heterocycles. The fourth-order valence-electron chi connectivity index (χ4n) is 3.90. The first-order chi connectivity index (χ1) is 11.3. The predicted molar refractivity (Wildman–Crippen MR) is 90.8 cm³/mol. The molecular formula is C19H17FN2S. The molecule has 0 amide bonds. The maximum atomic E-state index is 13.3. The Balaban J connectivity index is 1.65. The van der Waals surface area contributed by atoms with Crippen LogP contribution in [0.2, 0.25) is 0 Å². The van der Waals surface area contributed by atoms with Crippen LogP contribution >= 0.6 is 11.3 Å². The number of thiophene rings is 1. The summed E-state index contributed by atoms with van der Waals surface area (Å²) in [5.41, 5.74) is 5.37. The van der Waals surface area contributed by atoms with Gasteiger partial charge in [-0.25, -0.2) is 4.39 Å². The molecule has 0 bridgehead atoms. The van der Waals surface area contributed by atoms with Gasteiger partial charge in [-0.05, 0) is 54.7 Å². The van der Waals surface area contributed by atoms with E-state index in [9.17, 15) is 4.39 Å². The van der Waals surface area contributed by atoms with Gasteiger partial charge in [0.05, 0.1) is 6.04 Å². The average molecular weight is 324 g/mol. The van der Waals surface area contributed by atoms with Crippen LogP contribution in [0.5, 0.6) is 0 Å². The first-order valence-electron chi connectivity index (χ1n) is 8.11. The fourth-order valence-corrected chi connectivity index (χ4v) is 5.31. The third kappa shape index (κ3) is 2.02. The molecule has 116 valence electrons. The van der Waals surface area contributed by atoms with E-state index in [4.69, 9.17) is 0 Å². The number of fused-ring (bicyclic) bond motifs is 5. The van der Waals surface area contributed by atoms with E-state index in [0.29, 0.717) is 0 Å². The summed E-state index contributed by atoms with van der Waals surface area (Å²) in [7, 11) is 0. The number of nitrogens with zero attached hydrogens (tertiary/aromatic N) is 1. The molecule has 2 nitrogen and oxygen atoms in total. The second-order valence-corrected chi connectivity index (χ2v) is 7.39. The molecule has 0 radical (unpaired) electrons. The zero-order valence-corrected chi connectivity index (χ0v) is 13.5. The predicted octanol–water partition coefficient (Wildman–Crippen LogP) is 4.36. The monoisotopic (exact) mass is 324 g/mol. The molecule has 0 saturated heterocycles. The number of benzene rings is 1. The normalized spacial score (nSPS) is 19.1. The molecule has 5 rings (SSSR count). The van der Waals surface area contributed by atoms with E-state index >= 15 is 0 Å². The van der Waals surface area contributed by atoms with Crippen LogP contribution in [-0.4, -0.2) is 4.57 Å². The summed E-state index contributed by atoms with van der Waals surface area (Å²) < 4.78 is 15.6. The number of aromatic nitrogens is 1. The first kappa shape index (κ1) is 13.5. The summed E-state index contributed by atoms with van der Waals surface area (Å²) in [6, 6.07) is 11.2. The van der Waals surface area contributed by atoms with Crippen molar-refractivity contribution in [1.82, 2.24) is 9.88 Å². The number of rotatable bonds is 1. The molecule has 1 aliphatic carbocycles. The average Bonchev–Trinajstić information content (AvgIpc) is 3.24. The Kier molecular flexibility index (Phi) is 2.97. The minimum atomic E-state index is -0.185. The van der Waals surface area contributed by atoms with Gasteiger partial charge < -0.3 is 9.88 Å². The van der Waals surface area contributed by atoms with E-state index in [1.54, 1.807) is 22.6 Å². The van der Waals surface area contributed by atoms with Crippen LogP contribution in [0.25, 0.3) is 5.00 Å². The van der Waals surface area contributed by atoms with E-state index in [2.05, 4.69) is 28.2 Å². The second kappa shape index (κ2) is 5.05. The highest BCUT2D eigenvalue weighted by Crippen LogP contribution is 2.41. The van der Waals surface area contributed by atoms with Gasteiger partial charge in [-0.15, -0.1) is 11.3 Å². The van der Waals surface area contributed by atoms with Gasteiger partial charge in [0.25, 0.3) is 0 Å². The van der Waals surface area contributed by atoms with Gasteiger partial charge in [0.1, 0.15) is 10.8 Å². The summed E-state index contributed by atoms with van der Waals surface area (Å²) in [6.45, 7) is 0.880. The van der Waals surface area contributed by atoms with Gasteiger partial charge in [0.15, 0.2) is 0 Å². The quantitative estimate of drug-likeness (QED) is 0.704. The topological polar surface area (TPSA) is 17.0 Å². The third-order valence-electron chi connectivity index (χ3n) is 4.99. The van der Waals surface area contributed by atoms with Gasteiger partial charge in [-0.1, -0.05) is 12.1 Å². The van der Waals surface area contributed by atoms with E-state index in [1.807, 2.05) is 23.5 Å². The van der Waals surface area contributed by atoms with Crippen molar-refractivity contribution in [3.8, 4) is 5.00 Å². The highest BCUT2D eigenvalue weighted by atomic mass is 32.1. The molecule has 4 heteroatoms. The van der Waals surface area contributed by atoms with Crippen LogP contribution in [0.1, 0.15) is 39.7 Å². The van der Waals surface area contributed by atoms with E-state index < -0.39 is 0 Å². The molecule has 1 atom stereocenters. The first-order valence-corrected chi connectivity index (χ1v) is 8.93. The van der Waals surface area contributed by atoms with Crippen LogP contribution in [0.4, 0.5) is 4.39 Å². The van der Waals surface area contributed by atoms with Crippen molar-refractivity contribution < 1.29 is 4.39 Å². The standard InChI is InChI=1S/C19H17FN2S/c20-13-8-6-12(7-9-13)18-16-4-2-10-22(16)19-15(11-21-18)14-3-1-5-17(14)23-19/h2,4,6-10,18,21H,1,3,5,11H2/t18-/m0/s1. The number of hydrogen-bond donors (Lipinski definition) is 1. The summed E-state index contributed by atoms with van der Waals surface area (Å²) >= 11 is 1.95. The van der Waals surface area contributed by atoms with Crippen molar-refractivity contribution in [2.75, 3.05) is 0 Å². The van der Waals surface area contributed by atoms with Crippen molar-refractivity contribution >= 4 is 11.3 Å². The highest BCUT2D eigenvalue weighted by molar-refractivity contribution is 7.15. The Morgan fingerprint density at radius 1 is 1.09 bits per heavy atom. The van der Waals surface area contributed by atoms with Gasteiger partial charge >= 0.3 is 0 Å². The SMILES string of the molecule is Fc1ccc([C@@H]2NCc3c(sc4c3CCC4)-n3cccc32)cc1. The lowest BCUT2D eigenvalue weighted by Gasteiger charge is -2.18. The van der Waals surface area contributed by atoms with Gasteiger partial charge in [0, 0.05) is 28.9 Å². The maximum absolute atomic E-state index is 13.3. The van der Waals surface area contributed by atoms with Crippen LogP contribution in [-0.2, 0) is 19.4 Å². The molecule has 2 aliphatic rings. The van der Waals surface area contributed by atoms with Crippen molar-refractivity contribution in [2.45, 2.75) is 31.8 Å². The Morgan fingerprint density at radius 2 is 1.96 bits per heavy atom. The molecule has 2 aromatic heterocycles. The minimum absolute atomic E-state index is 0.0993. The summed E-state index contributed by atoms with van der Waals surface area (Å²) in [4.78, 5) is 1.57. The molecule has 1 aromatic carbocycles. The second-order valence-electron chi connectivity index (χ2n) is 6.31. The Morgan fingerprint density at radius 3 is 2.83 bits per heavy atom. The summed E-state index contributed by atoms with van der Waals surface area (Å²) in [6.07, 6.45) is 5.88. The molecular weight excluding hydrogens is 307 g/mol. The van der Waals surface area contributed by atoms with Crippen molar-refractivity contribution in [3.05, 3.63) is 75.7 Å². The van der Waals surface area contributed by atoms with E-state index in [0.717, 1.165) is 12.1 Å². The molecule has 23 heavy (non-hydrogen) atoms. The van der Waals surface area contributed by atoms with Crippen LogP contribution in [0, 0.1) is 5.82 Å². The van der Waals surface area contributed by atoms with Gasteiger partial charge in [-0.2, -0.15) is 0 Å². The molecule has 1 aliphatic heterocycles. The zero-order valence-electron chi connectivity index (χ0n) is 12.7. The van der Waals surface area contributed by atoms with Crippen LogP contribution < -0.4 is 5.32 Å². The molecule has 0 saturated carbocycles. The van der Waals surface area contributed by atoms with E-state index in [-0.39, 0.29) is 11.9 Å². The van der Waals surface area contributed by atoms with Crippen LogP contribution in [0.3, 0.4) is 0 Å².